The molecule has 0 aliphatic heterocycles. The lowest BCUT2D eigenvalue weighted by molar-refractivity contribution is -0.172. The molecule has 8 rings (SSSR count). The van der Waals surface area contributed by atoms with Crippen molar-refractivity contribution < 1.29 is 40.2 Å². The van der Waals surface area contributed by atoms with Gasteiger partial charge in [-0.05, 0) is 208 Å². The summed E-state index contributed by atoms with van der Waals surface area (Å²) in [5.41, 5.74) is 0.957. The fourth-order valence-corrected chi connectivity index (χ4v) is 17.6. The van der Waals surface area contributed by atoms with Crippen LogP contribution in [0.2, 0.25) is 0 Å². The maximum absolute atomic E-state index is 11.1. The van der Waals surface area contributed by atoms with Crippen molar-refractivity contribution in [1.82, 2.24) is 0 Å². The van der Waals surface area contributed by atoms with Crippen LogP contribution in [0.25, 0.3) is 0 Å². The summed E-state index contributed by atoms with van der Waals surface area (Å²) >= 11 is 0. The Morgan fingerprint density at radius 3 is 1.18 bits per heavy atom. The summed E-state index contributed by atoms with van der Waals surface area (Å²) in [5, 5.41) is 60.7. The molecular weight excluding hydrogens is 705 g/mol. The lowest BCUT2D eigenvalue weighted by atomic mass is 9.44. The van der Waals surface area contributed by atoms with Gasteiger partial charge >= 0.3 is 11.9 Å². The number of aliphatic hydroxyl groups excluding tert-OH is 4. The Morgan fingerprint density at radius 1 is 0.482 bits per heavy atom. The number of hydrogen-bond acceptors (Lipinski definition) is 6. The second kappa shape index (κ2) is 16.0. The third-order valence-corrected chi connectivity index (χ3v) is 20.5. The molecule has 0 unspecified atom stereocenters. The Kier molecular flexibility index (Phi) is 12.3. The van der Waals surface area contributed by atoms with E-state index in [9.17, 15) is 30.0 Å². The van der Waals surface area contributed by atoms with E-state index in [0.29, 0.717) is 70.0 Å². The third-order valence-electron chi connectivity index (χ3n) is 20.5. The van der Waals surface area contributed by atoms with Gasteiger partial charge in [0.05, 0.1) is 24.4 Å². The van der Waals surface area contributed by atoms with Gasteiger partial charge in [-0.2, -0.15) is 0 Å². The number of carboxylic acids is 2. The predicted molar refractivity (Wildman–Crippen MR) is 217 cm³/mol. The minimum Gasteiger partial charge on any atom is -0.481 e. The number of fused-ring (bicyclic) bond motifs is 10. The monoisotopic (exact) mass is 785 g/mol. The normalized spacial score (nSPS) is 51.7. The van der Waals surface area contributed by atoms with E-state index in [2.05, 4.69) is 41.5 Å². The average Bonchev–Trinajstić information content (AvgIpc) is 3.68. The first-order valence-corrected chi connectivity index (χ1v) is 23.5. The van der Waals surface area contributed by atoms with Crippen molar-refractivity contribution in [3.05, 3.63) is 0 Å². The molecule has 320 valence electrons. The van der Waals surface area contributed by atoms with E-state index >= 15 is 0 Å². The van der Waals surface area contributed by atoms with E-state index in [1.165, 1.54) is 51.4 Å². The zero-order valence-corrected chi connectivity index (χ0v) is 35.9. The first-order chi connectivity index (χ1) is 26.3. The average molecular weight is 785 g/mol. The molecular formula is C48H80O8. The highest BCUT2D eigenvalue weighted by Crippen LogP contribution is 2.70. The molecule has 6 N–H and O–H groups in total. The molecule has 0 bridgehead atoms. The second-order valence-corrected chi connectivity index (χ2v) is 22.7. The van der Waals surface area contributed by atoms with Crippen LogP contribution in [0, 0.1) is 92.7 Å². The lowest BCUT2D eigenvalue weighted by Gasteiger charge is -2.62. The predicted octanol–water partition coefficient (Wildman–Crippen LogP) is 8.96. The smallest absolute Gasteiger partial charge is 0.303 e. The van der Waals surface area contributed by atoms with Crippen molar-refractivity contribution in [3.8, 4) is 0 Å². The van der Waals surface area contributed by atoms with Crippen LogP contribution >= 0.6 is 0 Å². The van der Waals surface area contributed by atoms with Gasteiger partial charge in [-0.3, -0.25) is 9.59 Å². The maximum atomic E-state index is 11.1. The minimum atomic E-state index is -0.677. The van der Waals surface area contributed by atoms with Gasteiger partial charge in [0.25, 0.3) is 0 Å². The van der Waals surface area contributed by atoms with Gasteiger partial charge in [0.2, 0.25) is 0 Å². The summed E-state index contributed by atoms with van der Waals surface area (Å²) < 4.78 is 0. The van der Waals surface area contributed by atoms with Crippen molar-refractivity contribution >= 4 is 11.9 Å². The molecule has 0 aromatic carbocycles. The first-order valence-electron chi connectivity index (χ1n) is 23.5. The van der Waals surface area contributed by atoms with Crippen LogP contribution in [-0.4, -0.2) is 67.0 Å². The van der Waals surface area contributed by atoms with Crippen molar-refractivity contribution in [2.75, 3.05) is 0 Å². The zero-order valence-electron chi connectivity index (χ0n) is 35.9. The van der Waals surface area contributed by atoms with Crippen molar-refractivity contribution in [2.45, 2.75) is 194 Å². The molecule has 0 heterocycles. The van der Waals surface area contributed by atoms with Crippen LogP contribution in [0.3, 0.4) is 0 Å². The van der Waals surface area contributed by atoms with Crippen molar-refractivity contribution in [2.24, 2.45) is 92.7 Å². The molecule has 8 fully saturated rings. The molecule has 8 heteroatoms. The van der Waals surface area contributed by atoms with Gasteiger partial charge in [-0.1, -0.05) is 41.5 Å². The first kappa shape index (κ1) is 42.9. The van der Waals surface area contributed by atoms with Gasteiger partial charge in [-0.25, -0.2) is 0 Å². The van der Waals surface area contributed by atoms with Gasteiger partial charge < -0.3 is 30.6 Å². The van der Waals surface area contributed by atoms with Crippen LogP contribution in [0.15, 0.2) is 0 Å². The van der Waals surface area contributed by atoms with Crippen LogP contribution in [0.1, 0.15) is 170 Å². The van der Waals surface area contributed by atoms with E-state index in [-0.39, 0.29) is 59.9 Å². The number of aliphatic carboxylic acids is 2. The Bertz CT molecular complexity index is 1310. The van der Waals surface area contributed by atoms with Gasteiger partial charge in [0, 0.05) is 12.8 Å². The summed E-state index contributed by atoms with van der Waals surface area (Å²) in [5.74, 6) is 5.22. The fourth-order valence-electron chi connectivity index (χ4n) is 17.6. The summed E-state index contributed by atoms with van der Waals surface area (Å²) in [7, 11) is 0. The number of carboxylic acid groups (broad SMARTS) is 2. The zero-order chi connectivity index (χ0) is 40.5. The molecule has 56 heavy (non-hydrogen) atoms. The standard InChI is InChI=1S/2C24H40O4/c2*1-14(4-7-22(27)28)17-5-6-18-16-13-21(26)20-12-15(25)8-10-24(20,3)19(16)9-11-23(17,18)2/h2*14-21,25-26H,4-13H2,1-3H3,(H,27,28)/t2*14-,15-,16+,17-,18+,19+,20+,21+,23-,24-/m11/s1. The Labute approximate surface area is 338 Å². The van der Waals surface area contributed by atoms with E-state index < -0.39 is 11.9 Å². The van der Waals surface area contributed by atoms with Crippen molar-refractivity contribution in [1.29, 1.82) is 0 Å². The molecule has 0 radical (unpaired) electrons. The molecule has 0 spiro atoms. The minimum absolute atomic E-state index is 0.176. The van der Waals surface area contributed by atoms with Crippen molar-refractivity contribution in [3.63, 3.8) is 0 Å². The van der Waals surface area contributed by atoms with E-state index in [1.54, 1.807) is 0 Å². The summed E-state index contributed by atoms with van der Waals surface area (Å²) in [4.78, 5) is 22.1. The summed E-state index contributed by atoms with van der Waals surface area (Å²) in [6.07, 6.45) is 18.3. The quantitative estimate of drug-likeness (QED) is 0.143. The number of aliphatic hydroxyl groups is 4. The molecule has 8 nitrogen and oxygen atoms in total. The number of rotatable bonds is 8. The fraction of sp³-hybridized carbons (Fsp3) is 0.958. The number of carbonyl (C=O) groups is 2. The van der Waals surface area contributed by atoms with Gasteiger partial charge in [0.1, 0.15) is 0 Å². The van der Waals surface area contributed by atoms with Gasteiger partial charge in [0.15, 0.2) is 0 Å². The Balaban J connectivity index is 0.000000172. The highest BCUT2D eigenvalue weighted by atomic mass is 16.4. The molecule has 0 saturated heterocycles. The Morgan fingerprint density at radius 2 is 0.821 bits per heavy atom. The largest absolute Gasteiger partial charge is 0.481 e. The Hall–Kier alpha value is -1.22. The van der Waals surface area contributed by atoms with Crippen LogP contribution in [-0.2, 0) is 9.59 Å². The van der Waals surface area contributed by atoms with Gasteiger partial charge in [-0.15, -0.1) is 0 Å². The molecule has 0 aromatic heterocycles. The molecule has 20 atom stereocenters. The van der Waals surface area contributed by atoms with Crippen LogP contribution in [0.4, 0.5) is 0 Å². The summed E-state index contributed by atoms with van der Waals surface area (Å²) in [6, 6.07) is 0. The highest BCUT2D eigenvalue weighted by Gasteiger charge is 2.64. The SMILES string of the molecule is C[C@H](CCC(=O)O)[C@H]1CC[C@H]2[C@@H]3C[C@H](O)[C@@H]4C[C@H](O)CC[C@]4(C)[C@H]3CC[C@]12C.C[C@H](CCC(=O)O)[C@H]1CC[C@H]2[C@@H]3C[C@H](O)[C@@H]4C[C@H](O)CC[C@]4(C)[C@H]3CC[C@]12C. The van der Waals surface area contributed by atoms with Crippen LogP contribution < -0.4 is 0 Å². The number of hydrogen-bond donors (Lipinski definition) is 6. The highest BCUT2D eigenvalue weighted by molar-refractivity contribution is 5.66. The van der Waals surface area contributed by atoms with E-state index in [4.69, 9.17) is 10.2 Å². The second-order valence-electron chi connectivity index (χ2n) is 22.7. The lowest BCUT2D eigenvalue weighted by Crippen LogP contribution is -2.58. The molecule has 8 aliphatic rings. The molecule has 0 aromatic rings. The van der Waals surface area contributed by atoms with E-state index in [0.717, 1.165) is 64.2 Å². The topological polar surface area (TPSA) is 156 Å². The molecule has 8 aliphatic carbocycles. The van der Waals surface area contributed by atoms with E-state index in [1.807, 2.05) is 0 Å². The van der Waals surface area contributed by atoms with Crippen LogP contribution in [0.5, 0.6) is 0 Å². The maximum Gasteiger partial charge on any atom is 0.303 e. The summed E-state index contributed by atoms with van der Waals surface area (Å²) in [6.45, 7) is 14.3. The molecule has 8 saturated carbocycles. The molecule has 0 amide bonds. The third kappa shape index (κ3) is 7.35.